The molecule has 0 spiro atoms. The average molecular weight is 363 g/mol. The number of pyridine rings is 1. The second-order valence-corrected chi connectivity index (χ2v) is 7.42. The van der Waals surface area contributed by atoms with E-state index in [0.29, 0.717) is 12.4 Å². The van der Waals surface area contributed by atoms with Crippen LogP contribution in [0.1, 0.15) is 30.5 Å². The Morgan fingerprint density at radius 3 is 2.85 bits per heavy atom. The largest absolute Gasteiger partial charge is 0.362 e. The summed E-state index contributed by atoms with van der Waals surface area (Å²) in [5.41, 5.74) is 3.00. The lowest BCUT2D eigenvalue weighted by Gasteiger charge is -2.33. The van der Waals surface area contributed by atoms with Gasteiger partial charge in [-0.3, -0.25) is 9.78 Å². The molecule has 1 unspecified atom stereocenters. The third kappa shape index (κ3) is 3.56. The van der Waals surface area contributed by atoms with Crippen molar-refractivity contribution in [2.45, 2.75) is 32.2 Å². The number of amides is 1. The highest BCUT2D eigenvalue weighted by Crippen LogP contribution is 2.30. The van der Waals surface area contributed by atoms with Crippen molar-refractivity contribution < 1.29 is 4.79 Å². The van der Waals surface area contributed by atoms with Gasteiger partial charge in [-0.2, -0.15) is 0 Å². The first-order valence-corrected chi connectivity index (χ1v) is 9.55. The minimum absolute atomic E-state index is 0.115. The molecule has 0 bridgehead atoms. The van der Waals surface area contributed by atoms with Crippen molar-refractivity contribution >= 4 is 11.7 Å². The number of aromatic nitrogens is 3. The summed E-state index contributed by atoms with van der Waals surface area (Å²) < 4.78 is 0. The van der Waals surface area contributed by atoms with E-state index in [1.807, 2.05) is 36.0 Å². The summed E-state index contributed by atoms with van der Waals surface area (Å²) >= 11 is 0. The maximum absolute atomic E-state index is 13.0. The number of allylic oxidation sites excluding steroid dienone is 2. The van der Waals surface area contributed by atoms with Crippen LogP contribution in [0, 0.1) is 5.92 Å². The predicted octanol–water partition coefficient (Wildman–Crippen LogP) is 2.85. The van der Waals surface area contributed by atoms with E-state index < -0.39 is 0 Å². The van der Waals surface area contributed by atoms with E-state index in [-0.39, 0.29) is 11.8 Å². The Morgan fingerprint density at radius 2 is 2.15 bits per heavy atom. The van der Waals surface area contributed by atoms with Crippen molar-refractivity contribution in [3.8, 4) is 11.4 Å². The summed E-state index contributed by atoms with van der Waals surface area (Å²) in [6, 6.07) is 3.86. The van der Waals surface area contributed by atoms with E-state index >= 15 is 0 Å². The molecule has 0 aromatic carbocycles. The summed E-state index contributed by atoms with van der Waals surface area (Å²) in [5.74, 6) is 1.98. The molecule has 1 aliphatic carbocycles. The number of hydrogen-bond donors (Lipinski definition) is 0. The molecular formula is C21H25N5O. The fourth-order valence-electron chi connectivity index (χ4n) is 3.87. The van der Waals surface area contributed by atoms with Crippen molar-refractivity contribution in [3.05, 3.63) is 47.9 Å². The van der Waals surface area contributed by atoms with Gasteiger partial charge < -0.3 is 9.80 Å². The number of carbonyl (C=O) groups excluding carboxylic acids is 1. The molecule has 1 atom stereocenters. The maximum Gasteiger partial charge on any atom is 0.226 e. The Bertz CT molecular complexity index is 862. The molecule has 2 aromatic rings. The Morgan fingerprint density at radius 1 is 1.26 bits per heavy atom. The summed E-state index contributed by atoms with van der Waals surface area (Å²) in [4.78, 5) is 30.8. The van der Waals surface area contributed by atoms with E-state index in [0.717, 1.165) is 54.9 Å². The van der Waals surface area contributed by atoms with Crippen molar-refractivity contribution in [3.63, 3.8) is 0 Å². The van der Waals surface area contributed by atoms with E-state index in [9.17, 15) is 4.79 Å². The van der Waals surface area contributed by atoms with Crippen LogP contribution in [0.4, 0.5) is 5.82 Å². The minimum atomic E-state index is 0.115. The number of nitrogens with zero attached hydrogens (tertiary/aromatic N) is 5. The molecule has 0 saturated heterocycles. The first-order chi connectivity index (χ1) is 13.1. The Kier molecular flexibility index (Phi) is 4.88. The van der Waals surface area contributed by atoms with E-state index in [1.165, 1.54) is 0 Å². The summed E-state index contributed by atoms with van der Waals surface area (Å²) in [7, 11) is 4.00. The molecule has 2 aromatic heterocycles. The molecule has 140 valence electrons. The van der Waals surface area contributed by atoms with Gasteiger partial charge in [0.15, 0.2) is 5.82 Å². The van der Waals surface area contributed by atoms with Crippen LogP contribution in [0.15, 0.2) is 36.7 Å². The fraction of sp³-hybridized carbons (Fsp3) is 0.429. The second kappa shape index (κ2) is 7.47. The zero-order chi connectivity index (χ0) is 18.8. The van der Waals surface area contributed by atoms with Gasteiger partial charge >= 0.3 is 0 Å². The highest BCUT2D eigenvalue weighted by Gasteiger charge is 2.30. The normalized spacial score (nSPS) is 18.9. The molecule has 0 N–H and O–H groups in total. The summed E-state index contributed by atoms with van der Waals surface area (Å²) in [5, 5.41) is 0. The van der Waals surface area contributed by atoms with Crippen molar-refractivity contribution in [2.75, 3.05) is 25.5 Å². The molecule has 6 nitrogen and oxygen atoms in total. The number of anilines is 1. The summed E-state index contributed by atoms with van der Waals surface area (Å²) in [6.07, 6.45) is 11.4. The third-order valence-corrected chi connectivity index (χ3v) is 5.32. The Balaban J connectivity index is 1.66. The molecule has 0 fully saturated rings. The Hall–Kier alpha value is -2.76. The van der Waals surface area contributed by atoms with Crippen molar-refractivity contribution in [1.82, 2.24) is 19.9 Å². The molecule has 4 rings (SSSR count). The van der Waals surface area contributed by atoms with Gasteiger partial charge in [-0.15, -0.1) is 0 Å². The highest BCUT2D eigenvalue weighted by molar-refractivity contribution is 5.79. The number of carbonyl (C=O) groups is 1. The lowest BCUT2D eigenvalue weighted by Crippen LogP contribution is -2.41. The van der Waals surface area contributed by atoms with Gasteiger partial charge in [0.2, 0.25) is 5.91 Å². The molecule has 27 heavy (non-hydrogen) atoms. The molecule has 0 radical (unpaired) electrons. The van der Waals surface area contributed by atoms with Crippen LogP contribution in [-0.2, 0) is 17.8 Å². The second-order valence-electron chi connectivity index (χ2n) is 7.42. The molecule has 1 aliphatic heterocycles. The first-order valence-electron chi connectivity index (χ1n) is 9.55. The molecule has 6 heteroatoms. The van der Waals surface area contributed by atoms with Crippen LogP contribution in [0.25, 0.3) is 11.4 Å². The van der Waals surface area contributed by atoms with Gasteiger partial charge in [0.1, 0.15) is 5.82 Å². The number of fused-ring (bicyclic) bond motifs is 1. The third-order valence-electron chi connectivity index (χ3n) is 5.32. The maximum atomic E-state index is 13.0. The molecule has 3 heterocycles. The van der Waals surface area contributed by atoms with Crippen molar-refractivity contribution in [1.29, 1.82) is 0 Å². The van der Waals surface area contributed by atoms with Gasteiger partial charge in [0.25, 0.3) is 0 Å². The van der Waals surface area contributed by atoms with E-state index in [2.05, 4.69) is 17.1 Å². The van der Waals surface area contributed by atoms with Crippen LogP contribution >= 0.6 is 0 Å². The zero-order valence-electron chi connectivity index (χ0n) is 15.9. The molecule has 1 amide bonds. The Labute approximate surface area is 160 Å². The predicted molar refractivity (Wildman–Crippen MR) is 105 cm³/mol. The number of hydrogen-bond acceptors (Lipinski definition) is 5. The number of rotatable bonds is 3. The van der Waals surface area contributed by atoms with Gasteiger partial charge in [0.05, 0.1) is 12.2 Å². The van der Waals surface area contributed by atoms with Crippen LogP contribution in [0.3, 0.4) is 0 Å². The smallest absolute Gasteiger partial charge is 0.226 e. The van der Waals surface area contributed by atoms with E-state index in [4.69, 9.17) is 9.97 Å². The summed E-state index contributed by atoms with van der Waals surface area (Å²) in [6.45, 7) is 1.30. The first kappa shape index (κ1) is 17.6. The lowest BCUT2D eigenvalue weighted by atomic mass is 9.92. The van der Waals surface area contributed by atoms with Crippen LogP contribution in [0.5, 0.6) is 0 Å². The lowest BCUT2D eigenvalue weighted by molar-refractivity contribution is -0.136. The average Bonchev–Trinajstić information content (AvgIpc) is 2.73. The standard InChI is InChI=1S/C21H25N5O/c1-25(2)20-17-10-12-26(21(27)15-7-4-3-5-8-15)14-18(17)23-19(24-20)16-9-6-11-22-13-16/h3-4,6,9,11,13,15H,5,7-8,10,12,14H2,1-2H3. The molecule has 0 saturated carbocycles. The van der Waals surface area contributed by atoms with Gasteiger partial charge in [0, 0.05) is 50.1 Å². The van der Waals surface area contributed by atoms with Gasteiger partial charge in [-0.25, -0.2) is 9.97 Å². The topological polar surface area (TPSA) is 62.2 Å². The van der Waals surface area contributed by atoms with Crippen LogP contribution < -0.4 is 4.90 Å². The minimum Gasteiger partial charge on any atom is -0.362 e. The highest BCUT2D eigenvalue weighted by atomic mass is 16.2. The quantitative estimate of drug-likeness (QED) is 0.785. The zero-order valence-corrected chi connectivity index (χ0v) is 15.9. The SMILES string of the molecule is CN(C)c1nc(-c2cccnc2)nc2c1CCN(C(=O)C1CC=CCC1)C2. The van der Waals surface area contributed by atoms with Crippen LogP contribution in [-0.4, -0.2) is 46.4 Å². The van der Waals surface area contributed by atoms with E-state index in [1.54, 1.807) is 12.4 Å². The van der Waals surface area contributed by atoms with Crippen molar-refractivity contribution in [2.24, 2.45) is 5.92 Å². The monoisotopic (exact) mass is 363 g/mol. The fourth-order valence-corrected chi connectivity index (χ4v) is 3.87. The van der Waals surface area contributed by atoms with Gasteiger partial charge in [-0.05, 0) is 37.8 Å². The van der Waals surface area contributed by atoms with Crippen LogP contribution in [0.2, 0.25) is 0 Å². The molecule has 2 aliphatic rings. The van der Waals surface area contributed by atoms with Gasteiger partial charge in [-0.1, -0.05) is 12.2 Å². The molecular weight excluding hydrogens is 338 g/mol.